The number of aromatic nitrogens is 1. The number of benzene rings is 1. The van der Waals surface area contributed by atoms with Crippen LogP contribution in [0.2, 0.25) is 10.0 Å². The van der Waals surface area contributed by atoms with E-state index in [1.807, 2.05) is 0 Å². The van der Waals surface area contributed by atoms with Crippen molar-refractivity contribution < 1.29 is 8.78 Å². The third-order valence-electron chi connectivity index (χ3n) is 2.68. The zero-order chi connectivity index (χ0) is 14.0. The standard InChI is InChI=1S/C13H10Cl2F2N2/c1-18-12(7-2-3-10(16)11(17)4-7)13-9(15)5-8(14)6-19-13/h2-6,12,18H,1H3. The average molecular weight is 303 g/mol. The second-order valence-electron chi connectivity index (χ2n) is 3.92. The summed E-state index contributed by atoms with van der Waals surface area (Å²) in [6.07, 6.45) is 1.45. The Kier molecular flexibility index (Phi) is 4.34. The van der Waals surface area contributed by atoms with Gasteiger partial charge < -0.3 is 5.32 Å². The van der Waals surface area contributed by atoms with E-state index in [1.54, 1.807) is 13.1 Å². The van der Waals surface area contributed by atoms with Crippen molar-refractivity contribution in [1.29, 1.82) is 0 Å². The first-order chi connectivity index (χ1) is 9.02. The summed E-state index contributed by atoms with van der Waals surface area (Å²) in [6.45, 7) is 0. The number of halogens is 4. The van der Waals surface area contributed by atoms with Crippen LogP contribution < -0.4 is 5.32 Å². The molecule has 6 heteroatoms. The van der Waals surface area contributed by atoms with Crippen molar-refractivity contribution in [3.05, 3.63) is 63.4 Å². The molecule has 0 radical (unpaired) electrons. The normalized spacial score (nSPS) is 12.5. The number of nitrogens with zero attached hydrogens (tertiary/aromatic N) is 1. The summed E-state index contributed by atoms with van der Waals surface area (Å²) < 4.78 is 26.2. The highest BCUT2D eigenvalue weighted by molar-refractivity contribution is 6.34. The van der Waals surface area contributed by atoms with Crippen molar-refractivity contribution in [2.24, 2.45) is 0 Å². The summed E-state index contributed by atoms with van der Waals surface area (Å²) in [5, 5.41) is 3.73. The predicted octanol–water partition coefficient (Wildman–Crippen LogP) is 3.98. The van der Waals surface area contributed by atoms with Gasteiger partial charge in [0.25, 0.3) is 0 Å². The summed E-state index contributed by atoms with van der Waals surface area (Å²) in [7, 11) is 1.68. The van der Waals surface area contributed by atoms with Crippen LogP contribution in [0, 0.1) is 11.6 Å². The summed E-state index contributed by atoms with van der Waals surface area (Å²) in [6, 6.07) is 4.77. The summed E-state index contributed by atoms with van der Waals surface area (Å²) in [4.78, 5) is 4.13. The van der Waals surface area contributed by atoms with Gasteiger partial charge in [0.15, 0.2) is 11.6 Å². The second kappa shape index (κ2) is 5.82. The van der Waals surface area contributed by atoms with Gasteiger partial charge in [0, 0.05) is 6.20 Å². The third kappa shape index (κ3) is 3.03. The van der Waals surface area contributed by atoms with E-state index in [1.165, 1.54) is 12.3 Å². The van der Waals surface area contributed by atoms with Crippen LogP contribution in [0.1, 0.15) is 17.3 Å². The smallest absolute Gasteiger partial charge is 0.159 e. The number of hydrogen-bond donors (Lipinski definition) is 1. The summed E-state index contributed by atoms with van der Waals surface area (Å²) in [5.74, 6) is -1.81. The van der Waals surface area contributed by atoms with Crippen molar-refractivity contribution in [3.8, 4) is 0 Å². The Hall–Kier alpha value is -1.23. The Morgan fingerprint density at radius 2 is 1.89 bits per heavy atom. The lowest BCUT2D eigenvalue weighted by molar-refractivity contribution is 0.504. The first kappa shape index (κ1) is 14.2. The number of rotatable bonds is 3. The monoisotopic (exact) mass is 302 g/mol. The molecular weight excluding hydrogens is 293 g/mol. The van der Waals surface area contributed by atoms with Crippen LogP contribution in [0.4, 0.5) is 8.78 Å². The van der Waals surface area contributed by atoms with Crippen molar-refractivity contribution >= 4 is 23.2 Å². The highest BCUT2D eigenvalue weighted by Gasteiger charge is 2.18. The molecule has 1 aromatic heterocycles. The fourth-order valence-electron chi connectivity index (χ4n) is 1.79. The number of pyridine rings is 1. The maximum Gasteiger partial charge on any atom is 0.159 e. The van der Waals surface area contributed by atoms with Crippen LogP contribution in [0.3, 0.4) is 0 Å². The molecule has 100 valence electrons. The van der Waals surface area contributed by atoms with E-state index < -0.39 is 17.7 Å². The maximum atomic E-state index is 13.3. The Bertz CT molecular complexity index is 605. The fourth-order valence-corrected chi connectivity index (χ4v) is 2.28. The first-order valence-electron chi connectivity index (χ1n) is 5.46. The molecule has 0 fully saturated rings. The molecule has 0 aliphatic heterocycles. The van der Waals surface area contributed by atoms with E-state index in [0.29, 0.717) is 21.3 Å². The minimum atomic E-state index is -0.914. The molecule has 19 heavy (non-hydrogen) atoms. The molecule has 1 heterocycles. The largest absolute Gasteiger partial charge is 0.308 e. The molecule has 1 N–H and O–H groups in total. The van der Waals surface area contributed by atoms with Gasteiger partial charge in [0.2, 0.25) is 0 Å². The van der Waals surface area contributed by atoms with Gasteiger partial charge in [-0.3, -0.25) is 4.98 Å². The molecule has 1 aromatic carbocycles. The molecule has 0 amide bonds. The van der Waals surface area contributed by atoms with Crippen molar-refractivity contribution in [2.45, 2.75) is 6.04 Å². The Morgan fingerprint density at radius 3 is 2.47 bits per heavy atom. The van der Waals surface area contributed by atoms with E-state index in [-0.39, 0.29) is 0 Å². The molecule has 1 atom stereocenters. The molecule has 0 saturated carbocycles. The van der Waals surface area contributed by atoms with Gasteiger partial charge in [0.05, 0.1) is 21.8 Å². The Labute approximate surface area is 119 Å². The van der Waals surface area contributed by atoms with E-state index in [9.17, 15) is 8.78 Å². The first-order valence-corrected chi connectivity index (χ1v) is 6.21. The predicted molar refractivity (Wildman–Crippen MR) is 71.5 cm³/mol. The highest BCUT2D eigenvalue weighted by atomic mass is 35.5. The molecule has 2 aromatic rings. The topological polar surface area (TPSA) is 24.9 Å². The van der Waals surface area contributed by atoms with E-state index >= 15 is 0 Å². The van der Waals surface area contributed by atoms with Gasteiger partial charge >= 0.3 is 0 Å². The van der Waals surface area contributed by atoms with Crippen molar-refractivity contribution in [2.75, 3.05) is 7.05 Å². The van der Waals surface area contributed by atoms with Gasteiger partial charge in [-0.05, 0) is 30.8 Å². The van der Waals surface area contributed by atoms with E-state index in [0.717, 1.165) is 12.1 Å². The van der Waals surface area contributed by atoms with Gasteiger partial charge in [-0.15, -0.1) is 0 Å². The quantitative estimate of drug-likeness (QED) is 0.928. The van der Waals surface area contributed by atoms with E-state index in [4.69, 9.17) is 23.2 Å². The van der Waals surface area contributed by atoms with Crippen molar-refractivity contribution in [1.82, 2.24) is 10.3 Å². The lowest BCUT2D eigenvalue weighted by atomic mass is 10.0. The van der Waals surface area contributed by atoms with Gasteiger partial charge in [-0.2, -0.15) is 0 Å². The summed E-state index contributed by atoms with van der Waals surface area (Å²) >= 11 is 11.8. The Balaban J connectivity index is 2.46. The van der Waals surface area contributed by atoms with Crippen LogP contribution in [0.5, 0.6) is 0 Å². The van der Waals surface area contributed by atoms with E-state index in [2.05, 4.69) is 10.3 Å². The molecule has 0 saturated heterocycles. The molecule has 2 nitrogen and oxygen atoms in total. The lowest BCUT2D eigenvalue weighted by Gasteiger charge is -2.17. The fraction of sp³-hybridized carbons (Fsp3) is 0.154. The SMILES string of the molecule is CNC(c1ccc(F)c(F)c1)c1ncc(Cl)cc1Cl. The third-order valence-corrected chi connectivity index (χ3v) is 3.18. The maximum absolute atomic E-state index is 13.3. The molecule has 0 aliphatic carbocycles. The molecule has 0 spiro atoms. The average Bonchev–Trinajstić information content (AvgIpc) is 2.37. The molecule has 0 bridgehead atoms. The zero-order valence-electron chi connectivity index (χ0n) is 9.92. The minimum Gasteiger partial charge on any atom is -0.308 e. The van der Waals surface area contributed by atoms with Crippen LogP contribution in [0.25, 0.3) is 0 Å². The minimum absolute atomic E-state index is 0.358. The van der Waals surface area contributed by atoms with Crippen molar-refractivity contribution in [3.63, 3.8) is 0 Å². The van der Waals surface area contributed by atoms with Gasteiger partial charge in [-0.1, -0.05) is 29.3 Å². The number of hydrogen-bond acceptors (Lipinski definition) is 2. The second-order valence-corrected chi connectivity index (χ2v) is 4.76. The number of nitrogens with one attached hydrogen (secondary N) is 1. The van der Waals surface area contributed by atoms with Crippen LogP contribution >= 0.6 is 23.2 Å². The molecule has 1 unspecified atom stereocenters. The van der Waals surface area contributed by atoms with Gasteiger partial charge in [0.1, 0.15) is 0 Å². The highest BCUT2D eigenvalue weighted by Crippen LogP contribution is 2.28. The zero-order valence-corrected chi connectivity index (χ0v) is 11.4. The van der Waals surface area contributed by atoms with Crippen LogP contribution in [-0.4, -0.2) is 12.0 Å². The van der Waals surface area contributed by atoms with Crippen LogP contribution in [-0.2, 0) is 0 Å². The summed E-state index contributed by atoms with van der Waals surface area (Å²) in [5.41, 5.74) is 1.03. The lowest BCUT2D eigenvalue weighted by Crippen LogP contribution is -2.19. The molecule has 2 rings (SSSR count). The Morgan fingerprint density at radius 1 is 1.16 bits per heavy atom. The van der Waals surface area contributed by atoms with Crippen LogP contribution in [0.15, 0.2) is 30.5 Å². The van der Waals surface area contributed by atoms with Gasteiger partial charge in [-0.25, -0.2) is 8.78 Å². The molecule has 0 aliphatic rings. The molecular formula is C13H10Cl2F2N2.